The predicted octanol–water partition coefficient (Wildman–Crippen LogP) is 2.21. The lowest BCUT2D eigenvalue weighted by atomic mass is 10.0. The molecule has 2 aromatic heterocycles. The first-order chi connectivity index (χ1) is 14.7. The third-order valence-electron chi connectivity index (χ3n) is 4.87. The molecule has 0 bridgehead atoms. The van der Waals surface area contributed by atoms with Crippen molar-refractivity contribution < 1.29 is 18.3 Å². The van der Waals surface area contributed by atoms with Gasteiger partial charge in [0.15, 0.2) is 0 Å². The second kappa shape index (κ2) is 7.82. The van der Waals surface area contributed by atoms with E-state index in [0.717, 1.165) is 22.4 Å². The van der Waals surface area contributed by atoms with Crippen molar-refractivity contribution in [1.29, 1.82) is 0 Å². The molecule has 31 heavy (non-hydrogen) atoms. The fourth-order valence-corrected chi connectivity index (χ4v) is 3.82. The standard InChI is InChI=1S/C21H19N5O4S/c1-25-18(20(27)28)12-23-21(25)26-13-16(19(24-26)15-5-3-2-4-6-15)11-14-7-9-17(10-8-14)31(22,29)30/h2-10,12-13H,11H2,1H3,(H,27,28)(H2,22,29,30). The summed E-state index contributed by atoms with van der Waals surface area (Å²) in [6.45, 7) is 0. The minimum atomic E-state index is -3.76. The first kappa shape index (κ1) is 20.5. The van der Waals surface area contributed by atoms with Crippen LogP contribution in [-0.2, 0) is 23.5 Å². The second-order valence-electron chi connectivity index (χ2n) is 6.99. The van der Waals surface area contributed by atoms with Gasteiger partial charge >= 0.3 is 5.97 Å². The molecule has 10 heteroatoms. The summed E-state index contributed by atoms with van der Waals surface area (Å²) in [5, 5.41) is 19.1. The minimum Gasteiger partial charge on any atom is -0.477 e. The van der Waals surface area contributed by atoms with E-state index in [9.17, 15) is 18.3 Å². The van der Waals surface area contributed by atoms with Crippen LogP contribution in [0.2, 0.25) is 0 Å². The van der Waals surface area contributed by atoms with Gasteiger partial charge in [-0.3, -0.25) is 0 Å². The van der Waals surface area contributed by atoms with E-state index in [0.29, 0.717) is 12.4 Å². The zero-order valence-corrected chi connectivity index (χ0v) is 17.3. The summed E-state index contributed by atoms with van der Waals surface area (Å²) in [7, 11) is -2.15. The van der Waals surface area contributed by atoms with Gasteiger partial charge in [-0.05, 0) is 17.7 Å². The van der Waals surface area contributed by atoms with Crippen LogP contribution < -0.4 is 5.14 Å². The number of sulfonamides is 1. The van der Waals surface area contributed by atoms with Gasteiger partial charge in [0, 0.05) is 30.8 Å². The number of aromatic nitrogens is 4. The van der Waals surface area contributed by atoms with Gasteiger partial charge in [0.2, 0.25) is 16.0 Å². The van der Waals surface area contributed by atoms with E-state index in [1.165, 1.54) is 22.9 Å². The molecule has 0 saturated heterocycles. The summed E-state index contributed by atoms with van der Waals surface area (Å²) in [6, 6.07) is 15.9. The van der Waals surface area contributed by atoms with Crippen LogP contribution in [0, 0.1) is 0 Å². The topological polar surface area (TPSA) is 133 Å². The third kappa shape index (κ3) is 4.11. The average Bonchev–Trinajstić information content (AvgIpc) is 3.32. The monoisotopic (exact) mass is 437 g/mol. The Morgan fingerprint density at radius 3 is 2.35 bits per heavy atom. The van der Waals surface area contributed by atoms with E-state index in [2.05, 4.69) is 10.1 Å². The van der Waals surface area contributed by atoms with E-state index < -0.39 is 16.0 Å². The van der Waals surface area contributed by atoms with Crippen molar-refractivity contribution in [3.63, 3.8) is 0 Å². The van der Waals surface area contributed by atoms with Crippen molar-refractivity contribution in [3.8, 4) is 17.2 Å². The minimum absolute atomic E-state index is 0.0458. The maximum atomic E-state index is 11.5. The Hall–Kier alpha value is -3.76. The molecular formula is C21H19N5O4S. The molecule has 0 radical (unpaired) electrons. The summed E-state index contributed by atoms with van der Waals surface area (Å²) >= 11 is 0. The van der Waals surface area contributed by atoms with Crippen LogP contribution in [0.4, 0.5) is 0 Å². The predicted molar refractivity (Wildman–Crippen MR) is 113 cm³/mol. The number of benzene rings is 2. The highest BCUT2D eigenvalue weighted by Gasteiger charge is 2.18. The number of imidazole rings is 1. The van der Waals surface area contributed by atoms with Gasteiger partial charge in [-0.15, -0.1) is 0 Å². The van der Waals surface area contributed by atoms with Crippen LogP contribution >= 0.6 is 0 Å². The van der Waals surface area contributed by atoms with Gasteiger partial charge in [0.25, 0.3) is 0 Å². The van der Waals surface area contributed by atoms with Crippen LogP contribution in [0.5, 0.6) is 0 Å². The molecule has 0 spiro atoms. The smallest absolute Gasteiger partial charge is 0.354 e. The van der Waals surface area contributed by atoms with Gasteiger partial charge < -0.3 is 9.67 Å². The highest BCUT2D eigenvalue weighted by atomic mass is 32.2. The fourth-order valence-electron chi connectivity index (χ4n) is 3.31. The van der Waals surface area contributed by atoms with E-state index in [4.69, 9.17) is 5.14 Å². The highest BCUT2D eigenvalue weighted by Crippen LogP contribution is 2.26. The number of hydrogen-bond donors (Lipinski definition) is 2. The number of carboxylic acids is 1. The third-order valence-corrected chi connectivity index (χ3v) is 5.80. The molecule has 158 valence electrons. The number of carboxylic acid groups (broad SMARTS) is 1. The van der Waals surface area contributed by atoms with Crippen LogP contribution in [-0.4, -0.2) is 38.8 Å². The van der Waals surface area contributed by atoms with Crippen LogP contribution in [0.1, 0.15) is 21.6 Å². The van der Waals surface area contributed by atoms with Crippen LogP contribution in [0.3, 0.4) is 0 Å². The SMILES string of the molecule is Cn1c(C(=O)O)cnc1-n1cc(Cc2ccc(S(N)(=O)=O)cc2)c(-c2ccccc2)n1. The maximum Gasteiger partial charge on any atom is 0.354 e. The van der Waals surface area contributed by atoms with E-state index in [1.807, 2.05) is 30.3 Å². The second-order valence-corrected chi connectivity index (χ2v) is 8.55. The maximum absolute atomic E-state index is 11.5. The Morgan fingerprint density at radius 2 is 1.77 bits per heavy atom. The van der Waals surface area contributed by atoms with E-state index in [-0.39, 0.29) is 10.6 Å². The van der Waals surface area contributed by atoms with Crippen molar-refractivity contribution >= 4 is 16.0 Å². The molecule has 0 aliphatic heterocycles. The summed E-state index contributed by atoms with van der Waals surface area (Å²) in [5.74, 6) is -0.711. The summed E-state index contributed by atoms with van der Waals surface area (Å²) < 4.78 is 26.0. The van der Waals surface area contributed by atoms with Gasteiger partial charge in [0.1, 0.15) is 5.69 Å². The van der Waals surface area contributed by atoms with Gasteiger partial charge in [0.05, 0.1) is 16.8 Å². The molecule has 0 aliphatic carbocycles. The number of aromatic carboxylic acids is 1. The Balaban J connectivity index is 1.77. The van der Waals surface area contributed by atoms with E-state index >= 15 is 0 Å². The molecule has 0 amide bonds. The summed E-state index contributed by atoms with van der Waals surface area (Å²) in [4.78, 5) is 15.6. The molecule has 0 unspecified atom stereocenters. The van der Waals surface area contributed by atoms with Crippen molar-refractivity contribution in [2.45, 2.75) is 11.3 Å². The molecule has 0 fully saturated rings. The quantitative estimate of drug-likeness (QED) is 0.475. The number of carbonyl (C=O) groups is 1. The van der Waals surface area contributed by atoms with Crippen molar-refractivity contribution in [2.75, 3.05) is 0 Å². The molecule has 9 nitrogen and oxygen atoms in total. The lowest BCUT2D eigenvalue weighted by Gasteiger charge is -2.04. The van der Waals surface area contributed by atoms with Gasteiger partial charge in [-0.2, -0.15) is 5.10 Å². The summed E-state index contributed by atoms with van der Waals surface area (Å²) in [6.07, 6.45) is 3.56. The molecule has 0 aliphatic rings. The first-order valence-electron chi connectivity index (χ1n) is 9.25. The van der Waals surface area contributed by atoms with Crippen LogP contribution in [0.15, 0.2) is 71.9 Å². The van der Waals surface area contributed by atoms with Crippen molar-refractivity contribution in [2.24, 2.45) is 12.2 Å². The normalized spacial score (nSPS) is 11.5. The number of nitrogens with two attached hydrogens (primary N) is 1. The van der Waals surface area contributed by atoms with Gasteiger partial charge in [-0.25, -0.2) is 28.0 Å². The first-order valence-corrected chi connectivity index (χ1v) is 10.8. The highest BCUT2D eigenvalue weighted by molar-refractivity contribution is 7.89. The fraction of sp³-hybridized carbons (Fsp3) is 0.0952. The Kier molecular flexibility index (Phi) is 5.17. The molecular weight excluding hydrogens is 418 g/mol. The lowest BCUT2D eigenvalue weighted by Crippen LogP contribution is -2.11. The number of nitrogens with zero attached hydrogens (tertiary/aromatic N) is 4. The molecule has 0 saturated carbocycles. The Morgan fingerprint density at radius 1 is 1.10 bits per heavy atom. The number of hydrogen-bond acceptors (Lipinski definition) is 5. The zero-order chi connectivity index (χ0) is 22.2. The zero-order valence-electron chi connectivity index (χ0n) is 16.5. The molecule has 4 rings (SSSR count). The van der Waals surface area contributed by atoms with Crippen molar-refractivity contribution in [1.82, 2.24) is 19.3 Å². The Bertz CT molecular complexity index is 1360. The molecule has 2 heterocycles. The molecule has 0 atom stereocenters. The lowest BCUT2D eigenvalue weighted by molar-refractivity contribution is 0.0686. The number of primary sulfonamides is 1. The van der Waals surface area contributed by atoms with Crippen LogP contribution in [0.25, 0.3) is 17.2 Å². The largest absolute Gasteiger partial charge is 0.477 e. The summed E-state index contributed by atoms with van der Waals surface area (Å²) in [5.41, 5.74) is 3.40. The molecule has 4 aromatic rings. The molecule has 3 N–H and O–H groups in total. The number of rotatable bonds is 6. The Labute approximate surface area is 178 Å². The van der Waals surface area contributed by atoms with E-state index in [1.54, 1.807) is 30.1 Å². The van der Waals surface area contributed by atoms with Crippen molar-refractivity contribution in [3.05, 3.63) is 83.8 Å². The van der Waals surface area contributed by atoms with Gasteiger partial charge in [-0.1, -0.05) is 42.5 Å². The molecule has 2 aromatic carbocycles. The average molecular weight is 437 g/mol.